The highest BCUT2D eigenvalue weighted by molar-refractivity contribution is 6.30. The van der Waals surface area contributed by atoms with E-state index in [2.05, 4.69) is 47.9 Å². The Hall–Kier alpha value is -1.51. The molecule has 2 nitrogen and oxygen atoms in total. The van der Waals surface area contributed by atoms with Crippen LogP contribution in [0.2, 0.25) is 5.02 Å². The number of hydrogen-bond donors (Lipinski definition) is 2. The van der Waals surface area contributed by atoms with E-state index in [0.29, 0.717) is 12.0 Å². The van der Waals surface area contributed by atoms with Gasteiger partial charge in [-0.05, 0) is 73.3 Å². The number of benzene rings is 2. The van der Waals surface area contributed by atoms with Crippen LogP contribution >= 0.6 is 11.6 Å². The van der Waals surface area contributed by atoms with E-state index in [1.165, 1.54) is 40.8 Å². The first-order valence-electron chi connectivity index (χ1n) is 8.11. The molecule has 0 aromatic heterocycles. The Kier molecular flexibility index (Phi) is 3.59. The lowest BCUT2D eigenvalue weighted by molar-refractivity contribution is 0.579. The molecule has 2 N–H and O–H groups in total. The van der Waals surface area contributed by atoms with Crippen LogP contribution in [-0.2, 0) is 0 Å². The van der Waals surface area contributed by atoms with Gasteiger partial charge in [0.1, 0.15) is 0 Å². The summed E-state index contributed by atoms with van der Waals surface area (Å²) < 4.78 is 0. The largest absolute Gasteiger partial charge is 0.381 e. The Morgan fingerprint density at radius 3 is 2.77 bits per heavy atom. The Balaban J connectivity index is 1.84. The highest BCUT2D eigenvalue weighted by Gasteiger charge is 2.34. The molecule has 0 amide bonds. The Morgan fingerprint density at radius 1 is 1.05 bits per heavy atom. The fourth-order valence-electron chi connectivity index (χ4n) is 4.02. The van der Waals surface area contributed by atoms with Crippen LogP contribution in [0.15, 0.2) is 36.4 Å². The summed E-state index contributed by atoms with van der Waals surface area (Å²) in [4.78, 5) is 0. The lowest BCUT2D eigenvalue weighted by Crippen LogP contribution is -2.21. The van der Waals surface area contributed by atoms with Crippen molar-refractivity contribution >= 4 is 17.3 Å². The predicted octanol–water partition coefficient (Wildman–Crippen LogP) is 4.58. The maximum Gasteiger partial charge on any atom is 0.0409 e. The fraction of sp³-hybridized carbons (Fsp3) is 0.368. The van der Waals surface area contributed by atoms with Crippen LogP contribution in [0.3, 0.4) is 0 Å². The molecular weight excluding hydrogens is 292 g/mol. The van der Waals surface area contributed by atoms with Gasteiger partial charge in [0.15, 0.2) is 0 Å². The van der Waals surface area contributed by atoms with Crippen LogP contribution < -0.4 is 10.6 Å². The number of hydrogen-bond acceptors (Lipinski definition) is 2. The molecule has 0 unspecified atom stereocenters. The zero-order chi connectivity index (χ0) is 15.1. The first-order valence-corrected chi connectivity index (χ1v) is 8.48. The van der Waals surface area contributed by atoms with Crippen molar-refractivity contribution in [3.8, 4) is 11.1 Å². The lowest BCUT2D eigenvalue weighted by Gasteiger charge is -2.19. The van der Waals surface area contributed by atoms with E-state index in [1.807, 2.05) is 6.07 Å². The number of anilines is 1. The van der Waals surface area contributed by atoms with Crippen LogP contribution in [0.1, 0.15) is 29.9 Å². The first kappa shape index (κ1) is 14.1. The maximum absolute atomic E-state index is 6.13. The van der Waals surface area contributed by atoms with Gasteiger partial charge in [-0.15, -0.1) is 0 Å². The number of rotatable bonds is 1. The van der Waals surface area contributed by atoms with Crippen LogP contribution in [0.5, 0.6) is 0 Å². The van der Waals surface area contributed by atoms with E-state index in [0.717, 1.165) is 18.1 Å². The quantitative estimate of drug-likeness (QED) is 0.805. The van der Waals surface area contributed by atoms with Crippen LogP contribution in [0.25, 0.3) is 11.1 Å². The molecule has 4 rings (SSSR count). The Labute approximate surface area is 136 Å². The van der Waals surface area contributed by atoms with Crippen molar-refractivity contribution in [3.05, 3.63) is 52.5 Å². The Bertz CT molecular complexity index is 711. The summed E-state index contributed by atoms with van der Waals surface area (Å²) in [5, 5.41) is 8.09. The molecule has 22 heavy (non-hydrogen) atoms. The minimum Gasteiger partial charge on any atom is -0.381 e. The maximum atomic E-state index is 6.13. The van der Waals surface area contributed by atoms with Crippen molar-refractivity contribution in [2.24, 2.45) is 0 Å². The average Bonchev–Trinajstić information content (AvgIpc) is 2.70. The second-order valence-electron chi connectivity index (χ2n) is 6.41. The minimum atomic E-state index is 0.568. The fourth-order valence-corrected chi connectivity index (χ4v) is 4.24. The van der Waals surface area contributed by atoms with Crippen LogP contribution in [0.4, 0.5) is 5.69 Å². The van der Waals surface area contributed by atoms with E-state index in [4.69, 9.17) is 11.6 Å². The van der Waals surface area contributed by atoms with Crippen molar-refractivity contribution in [1.29, 1.82) is 0 Å². The van der Waals surface area contributed by atoms with E-state index in [-0.39, 0.29) is 0 Å². The average molecular weight is 313 g/mol. The van der Waals surface area contributed by atoms with Gasteiger partial charge in [0, 0.05) is 22.7 Å². The van der Waals surface area contributed by atoms with Crippen molar-refractivity contribution in [1.82, 2.24) is 5.32 Å². The summed E-state index contributed by atoms with van der Waals surface area (Å²) in [6.07, 6.45) is 2.40. The van der Waals surface area contributed by atoms with Gasteiger partial charge in [0.2, 0.25) is 0 Å². The molecule has 2 aromatic carbocycles. The summed E-state index contributed by atoms with van der Waals surface area (Å²) in [7, 11) is 0. The van der Waals surface area contributed by atoms with Gasteiger partial charge in [0.25, 0.3) is 0 Å². The van der Waals surface area contributed by atoms with Crippen molar-refractivity contribution in [3.63, 3.8) is 0 Å². The molecular formula is C19H21ClN2. The third-order valence-corrected chi connectivity index (χ3v) is 5.28. The van der Waals surface area contributed by atoms with Gasteiger partial charge in [-0.1, -0.05) is 29.8 Å². The molecule has 0 saturated carbocycles. The molecule has 2 aliphatic heterocycles. The van der Waals surface area contributed by atoms with E-state index in [9.17, 15) is 0 Å². The van der Waals surface area contributed by atoms with Gasteiger partial charge in [0.05, 0.1) is 0 Å². The smallest absolute Gasteiger partial charge is 0.0409 e. The molecule has 0 aliphatic carbocycles. The molecule has 2 aliphatic rings. The number of halogens is 1. The zero-order valence-corrected chi connectivity index (χ0v) is 13.6. The normalized spacial score (nSPS) is 23.4. The molecule has 2 heterocycles. The first-order chi connectivity index (χ1) is 10.7. The summed E-state index contributed by atoms with van der Waals surface area (Å²) >= 11 is 6.13. The van der Waals surface area contributed by atoms with Crippen LogP contribution in [0, 0.1) is 6.92 Å². The summed E-state index contributed by atoms with van der Waals surface area (Å²) in [5.74, 6) is 0.608. The van der Waals surface area contributed by atoms with Gasteiger partial charge in [-0.3, -0.25) is 0 Å². The van der Waals surface area contributed by atoms with E-state index >= 15 is 0 Å². The lowest BCUT2D eigenvalue weighted by atomic mass is 9.85. The van der Waals surface area contributed by atoms with Gasteiger partial charge in [-0.25, -0.2) is 0 Å². The van der Waals surface area contributed by atoms with Crippen LogP contribution in [-0.4, -0.2) is 19.1 Å². The molecule has 0 spiro atoms. The number of nitrogens with one attached hydrogen (secondary N) is 2. The summed E-state index contributed by atoms with van der Waals surface area (Å²) in [6.45, 7) is 4.36. The molecule has 2 aromatic rings. The summed E-state index contributed by atoms with van der Waals surface area (Å²) in [5.41, 5.74) is 6.75. The third-order valence-electron chi connectivity index (χ3n) is 5.05. The van der Waals surface area contributed by atoms with E-state index < -0.39 is 0 Å². The summed E-state index contributed by atoms with van der Waals surface area (Å²) in [6, 6.07) is 13.4. The highest BCUT2D eigenvalue weighted by atomic mass is 35.5. The Morgan fingerprint density at radius 2 is 1.91 bits per heavy atom. The van der Waals surface area contributed by atoms with Gasteiger partial charge in [-0.2, -0.15) is 0 Å². The highest BCUT2D eigenvalue weighted by Crippen LogP contribution is 2.45. The zero-order valence-electron chi connectivity index (χ0n) is 12.8. The second kappa shape index (κ2) is 5.60. The van der Waals surface area contributed by atoms with Crippen molar-refractivity contribution in [2.45, 2.75) is 31.7 Å². The van der Waals surface area contributed by atoms with Gasteiger partial charge >= 0.3 is 0 Å². The molecule has 114 valence electrons. The molecule has 0 bridgehead atoms. The second-order valence-corrected chi connectivity index (χ2v) is 6.85. The third kappa shape index (κ3) is 2.31. The standard InChI is InChI=1S/C19H21ClN2/c1-12-11-13(20)5-6-14(12)15-3-2-4-18-19(15)16-7-9-21-10-8-17(16)22-18/h2-6,11,16-17,21-22H,7-10H2,1H3/t16-,17-/m0/s1. The number of aryl methyl sites for hydroxylation is 1. The minimum absolute atomic E-state index is 0.568. The molecule has 2 atom stereocenters. The van der Waals surface area contributed by atoms with Crippen molar-refractivity contribution in [2.75, 3.05) is 18.4 Å². The molecule has 1 saturated heterocycles. The monoisotopic (exact) mass is 312 g/mol. The molecule has 1 fully saturated rings. The van der Waals surface area contributed by atoms with E-state index in [1.54, 1.807) is 0 Å². The topological polar surface area (TPSA) is 24.1 Å². The SMILES string of the molecule is Cc1cc(Cl)ccc1-c1cccc2c1[C@H]1CCNCC[C@@H]1N2. The number of fused-ring (bicyclic) bond motifs is 3. The molecule has 0 radical (unpaired) electrons. The molecule has 3 heteroatoms. The van der Waals surface area contributed by atoms with Crippen molar-refractivity contribution < 1.29 is 0 Å². The van der Waals surface area contributed by atoms with Gasteiger partial charge < -0.3 is 10.6 Å². The predicted molar refractivity (Wildman–Crippen MR) is 93.9 cm³/mol.